The summed E-state index contributed by atoms with van der Waals surface area (Å²) in [5.74, 6) is 1.18. The van der Waals surface area contributed by atoms with Gasteiger partial charge >= 0.3 is 0 Å². The van der Waals surface area contributed by atoms with E-state index in [1.165, 1.54) is 0 Å². The first-order valence-electron chi connectivity index (χ1n) is 10.1. The second kappa shape index (κ2) is 9.09. The first-order chi connectivity index (χ1) is 15.0. The van der Waals surface area contributed by atoms with Gasteiger partial charge in [-0.05, 0) is 25.5 Å². The number of rotatable bonds is 6. The number of amides is 1. The van der Waals surface area contributed by atoms with Crippen LogP contribution in [-0.4, -0.2) is 52.3 Å². The van der Waals surface area contributed by atoms with E-state index in [0.717, 1.165) is 0 Å². The molecule has 0 saturated carbocycles. The first kappa shape index (κ1) is 20.7. The highest BCUT2D eigenvalue weighted by Crippen LogP contribution is 2.25. The summed E-state index contributed by atoms with van der Waals surface area (Å²) in [6.45, 7) is 6.08. The van der Waals surface area contributed by atoms with Gasteiger partial charge in [-0.2, -0.15) is 4.98 Å². The van der Waals surface area contributed by atoms with E-state index in [-0.39, 0.29) is 24.3 Å². The summed E-state index contributed by atoms with van der Waals surface area (Å²) < 4.78 is 10.4. The molecule has 4 rings (SSSR count). The number of aromatic nitrogens is 4. The van der Waals surface area contributed by atoms with Gasteiger partial charge in [-0.15, -0.1) is 0 Å². The number of carbonyl (C=O) groups is 1. The van der Waals surface area contributed by atoms with Crippen LogP contribution in [0.25, 0.3) is 11.4 Å². The molecule has 1 aromatic carbocycles. The summed E-state index contributed by atoms with van der Waals surface area (Å²) in [7, 11) is 0. The molecular formula is C21H24N6O4. The number of aryl methyl sites for hydroxylation is 2. The van der Waals surface area contributed by atoms with Crippen molar-refractivity contribution in [2.24, 2.45) is 0 Å². The number of benzene rings is 1. The lowest BCUT2D eigenvalue weighted by molar-refractivity contribution is -0.116. The number of nitrogens with one attached hydrogen (secondary N) is 2. The maximum atomic E-state index is 12.6. The van der Waals surface area contributed by atoms with Crippen LogP contribution < -0.4 is 15.8 Å². The first-order valence-corrected chi connectivity index (χ1v) is 10.1. The Labute approximate surface area is 178 Å². The minimum absolute atomic E-state index is 0.141. The van der Waals surface area contributed by atoms with Crippen LogP contribution in [0, 0.1) is 13.8 Å². The number of ether oxygens (including phenoxy) is 1. The van der Waals surface area contributed by atoms with E-state index in [1.54, 1.807) is 19.9 Å². The Hall–Kier alpha value is -3.53. The molecule has 3 heterocycles. The van der Waals surface area contributed by atoms with Gasteiger partial charge in [0.1, 0.15) is 0 Å². The molecular weight excluding hydrogens is 400 g/mol. The zero-order valence-electron chi connectivity index (χ0n) is 17.5. The van der Waals surface area contributed by atoms with Crippen molar-refractivity contribution in [3.63, 3.8) is 0 Å². The quantitative estimate of drug-likeness (QED) is 0.614. The SMILES string of the molecule is Cc1nc(-c2ccccc2NC(=O)CCc2c(C)nc(N3CCOCC3)[nH]c2=O)no1. The molecule has 0 aliphatic carbocycles. The van der Waals surface area contributed by atoms with Gasteiger partial charge in [-0.3, -0.25) is 14.6 Å². The molecule has 162 valence electrons. The summed E-state index contributed by atoms with van der Waals surface area (Å²) in [6, 6.07) is 7.23. The normalized spacial score (nSPS) is 13.9. The third-order valence-electron chi connectivity index (χ3n) is 5.09. The van der Waals surface area contributed by atoms with E-state index in [1.807, 2.05) is 23.1 Å². The molecule has 0 atom stereocenters. The Bertz CT molecular complexity index is 1130. The van der Waals surface area contributed by atoms with Gasteiger partial charge in [0.05, 0.1) is 18.9 Å². The van der Waals surface area contributed by atoms with Crippen molar-refractivity contribution in [1.29, 1.82) is 0 Å². The molecule has 10 heteroatoms. The largest absolute Gasteiger partial charge is 0.378 e. The van der Waals surface area contributed by atoms with Gasteiger partial charge in [0.2, 0.25) is 23.6 Å². The van der Waals surface area contributed by atoms with Crippen LogP contribution in [0.3, 0.4) is 0 Å². The maximum absolute atomic E-state index is 12.6. The van der Waals surface area contributed by atoms with Crippen molar-refractivity contribution < 1.29 is 14.1 Å². The van der Waals surface area contributed by atoms with E-state index in [2.05, 4.69) is 25.4 Å². The highest BCUT2D eigenvalue weighted by molar-refractivity contribution is 5.94. The molecule has 1 aliphatic heterocycles. The third kappa shape index (κ3) is 4.80. The van der Waals surface area contributed by atoms with Crippen molar-refractivity contribution in [3.05, 3.63) is 51.8 Å². The van der Waals surface area contributed by atoms with Crippen LogP contribution in [-0.2, 0) is 16.0 Å². The van der Waals surface area contributed by atoms with Crippen LogP contribution in [0.2, 0.25) is 0 Å². The Balaban J connectivity index is 1.43. The van der Waals surface area contributed by atoms with E-state index in [9.17, 15) is 9.59 Å². The van der Waals surface area contributed by atoms with E-state index >= 15 is 0 Å². The molecule has 2 aromatic heterocycles. The topological polar surface area (TPSA) is 126 Å². The molecule has 1 amide bonds. The standard InChI is InChI=1S/C21H24N6O4/c1-13-15(20(29)25-21(22-13)27-9-11-30-12-10-27)7-8-18(28)24-17-6-4-3-5-16(17)19-23-14(2)31-26-19/h3-6H,7-12H2,1-2H3,(H,24,28)(H,22,25,29). The lowest BCUT2D eigenvalue weighted by atomic mass is 10.1. The molecule has 0 unspecified atom stereocenters. The van der Waals surface area contributed by atoms with Crippen molar-refractivity contribution >= 4 is 17.5 Å². The van der Waals surface area contributed by atoms with E-state index < -0.39 is 0 Å². The Kier molecular flexibility index (Phi) is 6.08. The fourth-order valence-electron chi connectivity index (χ4n) is 3.46. The Morgan fingerprint density at radius 2 is 1.97 bits per heavy atom. The maximum Gasteiger partial charge on any atom is 0.255 e. The molecule has 10 nitrogen and oxygen atoms in total. The van der Waals surface area contributed by atoms with Crippen molar-refractivity contribution in [3.8, 4) is 11.4 Å². The highest BCUT2D eigenvalue weighted by atomic mass is 16.5. The van der Waals surface area contributed by atoms with Crippen LogP contribution in [0.5, 0.6) is 0 Å². The molecule has 2 N–H and O–H groups in total. The van der Waals surface area contributed by atoms with E-state index in [4.69, 9.17) is 9.26 Å². The summed E-state index contributed by atoms with van der Waals surface area (Å²) in [5, 5.41) is 6.79. The molecule has 0 spiro atoms. The predicted octanol–water partition coefficient (Wildman–Crippen LogP) is 1.84. The average Bonchev–Trinajstić information content (AvgIpc) is 3.20. The molecule has 31 heavy (non-hydrogen) atoms. The zero-order chi connectivity index (χ0) is 21.8. The van der Waals surface area contributed by atoms with Gasteiger partial charge in [0.15, 0.2) is 0 Å². The van der Waals surface area contributed by atoms with Gasteiger partial charge in [0.25, 0.3) is 5.56 Å². The second-order valence-electron chi connectivity index (χ2n) is 7.28. The number of anilines is 2. The molecule has 1 saturated heterocycles. The summed E-state index contributed by atoms with van der Waals surface area (Å²) in [4.78, 5) is 38.8. The number of carbonyl (C=O) groups excluding carboxylic acids is 1. The van der Waals surface area contributed by atoms with Gasteiger partial charge in [-0.1, -0.05) is 17.3 Å². The summed E-state index contributed by atoms with van der Waals surface area (Å²) >= 11 is 0. The number of aromatic amines is 1. The number of hydrogen-bond donors (Lipinski definition) is 2. The minimum atomic E-state index is -0.219. The van der Waals surface area contributed by atoms with Crippen LogP contribution >= 0.6 is 0 Å². The Morgan fingerprint density at radius 3 is 2.68 bits per heavy atom. The summed E-state index contributed by atoms with van der Waals surface area (Å²) in [6.07, 6.45) is 0.426. The molecule has 0 radical (unpaired) electrons. The van der Waals surface area contributed by atoms with Crippen LogP contribution in [0.4, 0.5) is 11.6 Å². The Morgan fingerprint density at radius 1 is 1.19 bits per heavy atom. The molecule has 1 aliphatic rings. The smallest absolute Gasteiger partial charge is 0.255 e. The number of H-pyrrole nitrogens is 1. The van der Waals surface area contributed by atoms with Crippen molar-refractivity contribution in [1.82, 2.24) is 20.1 Å². The number of nitrogens with zero attached hydrogens (tertiary/aromatic N) is 4. The lowest BCUT2D eigenvalue weighted by Crippen LogP contribution is -2.38. The van der Waals surface area contributed by atoms with Crippen LogP contribution in [0.1, 0.15) is 23.6 Å². The third-order valence-corrected chi connectivity index (χ3v) is 5.09. The van der Waals surface area contributed by atoms with Crippen molar-refractivity contribution in [2.45, 2.75) is 26.7 Å². The molecule has 3 aromatic rings. The van der Waals surface area contributed by atoms with Crippen LogP contribution in [0.15, 0.2) is 33.6 Å². The molecule has 0 bridgehead atoms. The minimum Gasteiger partial charge on any atom is -0.378 e. The number of morpholine rings is 1. The molecule has 1 fully saturated rings. The average molecular weight is 424 g/mol. The fraction of sp³-hybridized carbons (Fsp3) is 0.381. The number of para-hydroxylation sites is 1. The van der Waals surface area contributed by atoms with Crippen molar-refractivity contribution in [2.75, 3.05) is 36.5 Å². The monoisotopic (exact) mass is 424 g/mol. The highest BCUT2D eigenvalue weighted by Gasteiger charge is 2.17. The lowest BCUT2D eigenvalue weighted by Gasteiger charge is -2.27. The second-order valence-corrected chi connectivity index (χ2v) is 7.28. The van der Waals surface area contributed by atoms with E-state index in [0.29, 0.717) is 66.5 Å². The fourth-order valence-corrected chi connectivity index (χ4v) is 3.46. The predicted molar refractivity (Wildman–Crippen MR) is 114 cm³/mol. The van der Waals surface area contributed by atoms with Gasteiger partial charge < -0.3 is 19.5 Å². The summed E-state index contributed by atoms with van der Waals surface area (Å²) in [5.41, 5.74) is 2.16. The zero-order valence-corrected chi connectivity index (χ0v) is 17.5. The van der Waals surface area contributed by atoms with Gasteiger partial charge in [0, 0.05) is 43.3 Å². The number of hydrogen-bond acceptors (Lipinski definition) is 8. The van der Waals surface area contributed by atoms with Gasteiger partial charge in [-0.25, -0.2) is 4.98 Å².